The Morgan fingerprint density at radius 1 is 1.35 bits per heavy atom. The number of nitrogens with one attached hydrogen (secondary N) is 1. The molecule has 1 aliphatic rings. The molecule has 1 aromatic carbocycles. The molecule has 0 spiro atoms. The molecule has 1 aliphatic heterocycles. The molecule has 6 heteroatoms. The van der Waals surface area contributed by atoms with E-state index in [0.717, 1.165) is 5.56 Å². The van der Waals surface area contributed by atoms with Crippen LogP contribution in [-0.4, -0.2) is 45.6 Å². The van der Waals surface area contributed by atoms with Crippen molar-refractivity contribution in [2.45, 2.75) is 30.8 Å². The van der Waals surface area contributed by atoms with E-state index in [4.69, 9.17) is 4.74 Å². The van der Waals surface area contributed by atoms with E-state index in [-0.39, 0.29) is 12.1 Å². The van der Waals surface area contributed by atoms with Gasteiger partial charge in [0.05, 0.1) is 18.1 Å². The van der Waals surface area contributed by atoms with Crippen molar-refractivity contribution in [3.8, 4) is 0 Å². The van der Waals surface area contributed by atoms with Crippen LogP contribution in [0, 0.1) is 0 Å². The first-order chi connectivity index (χ1) is 9.46. The summed E-state index contributed by atoms with van der Waals surface area (Å²) in [5.74, 6) is 0. The average Bonchev–Trinajstić information content (AvgIpc) is 2.47. The minimum atomic E-state index is -3.43. The lowest BCUT2D eigenvalue weighted by atomic mass is 10.1. The van der Waals surface area contributed by atoms with Gasteiger partial charge in [-0.25, -0.2) is 8.42 Å². The highest BCUT2D eigenvalue weighted by Gasteiger charge is 2.31. The lowest BCUT2D eigenvalue weighted by Crippen LogP contribution is -2.46. The van der Waals surface area contributed by atoms with Gasteiger partial charge in [0.1, 0.15) is 0 Å². The molecular weight excluding hydrogens is 276 g/mol. The highest BCUT2D eigenvalue weighted by Crippen LogP contribution is 2.22. The lowest BCUT2D eigenvalue weighted by molar-refractivity contribution is 0.0393. The van der Waals surface area contributed by atoms with Gasteiger partial charge in [-0.2, -0.15) is 4.31 Å². The van der Waals surface area contributed by atoms with Crippen LogP contribution in [0.1, 0.15) is 25.5 Å². The Labute approximate surface area is 121 Å². The van der Waals surface area contributed by atoms with Crippen molar-refractivity contribution in [1.29, 1.82) is 0 Å². The van der Waals surface area contributed by atoms with Crippen LogP contribution < -0.4 is 5.32 Å². The lowest BCUT2D eigenvalue weighted by Gasteiger charge is -2.32. The maximum Gasteiger partial charge on any atom is 0.243 e. The summed E-state index contributed by atoms with van der Waals surface area (Å²) in [5, 5.41) is 3.13. The Morgan fingerprint density at radius 3 is 2.55 bits per heavy atom. The minimum Gasteiger partial charge on any atom is -0.378 e. The number of morpholine rings is 1. The fraction of sp³-hybridized carbons (Fsp3) is 0.571. The smallest absolute Gasteiger partial charge is 0.243 e. The van der Waals surface area contributed by atoms with Gasteiger partial charge in [-0.1, -0.05) is 12.1 Å². The number of rotatable bonds is 4. The molecule has 5 nitrogen and oxygen atoms in total. The fourth-order valence-electron chi connectivity index (χ4n) is 2.30. The molecule has 0 aromatic heterocycles. The Kier molecular flexibility index (Phi) is 4.80. The summed E-state index contributed by atoms with van der Waals surface area (Å²) >= 11 is 0. The van der Waals surface area contributed by atoms with Crippen LogP contribution in [0.25, 0.3) is 0 Å². The average molecular weight is 298 g/mol. The Hall–Kier alpha value is -0.950. The SMILES string of the molecule is CNC(C)c1ccc(S(=O)(=O)N2CCOCC2C)cc1. The standard InChI is InChI=1S/C14H22N2O3S/c1-11-10-19-9-8-16(11)20(17,18)14-6-4-13(5-7-14)12(2)15-3/h4-7,11-12,15H,8-10H2,1-3H3. The van der Waals surface area contributed by atoms with Crippen LogP contribution in [0.4, 0.5) is 0 Å². The minimum absolute atomic E-state index is 0.121. The summed E-state index contributed by atoms with van der Waals surface area (Å²) in [7, 11) is -1.55. The van der Waals surface area contributed by atoms with Gasteiger partial charge in [-0.3, -0.25) is 0 Å². The largest absolute Gasteiger partial charge is 0.378 e. The summed E-state index contributed by atoms with van der Waals surface area (Å²) in [6, 6.07) is 7.17. The summed E-state index contributed by atoms with van der Waals surface area (Å²) in [6.07, 6.45) is 0. The highest BCUT2D eigenvalue weighted by molar-refractivity contribution is 7.89. The molecule has 1 fully saturated rings. The maximum atomic E-state index is 12.6. The second-order valence-electron chi connectivity index (χ2n) is 5.12. The van der Waals surface area contributed by atoms with Crippen LogP contribution in [0.5, 0.6) is 0 Å². The van der Waals surface area contributed by atoms with Crippen LogP contribution >= 0.6 is 0 Å². The number of nitrogens with zero attached hydrogens (tertiary/aromatic N) is 1. The van der Waals surface area contributed by atoms with Gasteiger partial charge in [0.2, 0.25) is 10.0 Å². The monoisotopic (exact) mass is 298 g/mol. The third kappa shape index (κ3) is 3.03. The van der Waals surface area contributed by atoms with Crippen molar-refractivity contribution in [2.75, 3.05) is 26.8 Å². The quantitative estimate of drug-likeness (QED) is 0.912. The molecular formula is C14H22N2O3S. The van der Waals surface area contributed by atoms with Crippen molar-refractivity contribution < 1.29 is 13.2 Å². The van der Waals surface area contributed by atoms with E-state index in [9.17, 15) is 8.42 Å². The fourth-order valence-corrected chi connectivity index (χ4v) is 3.90. The molecule has 1 saturated heterocycles. The molecule has 1 N–H and O–H groups in total. The molecule has 0 bridgehead atoms. The Balaban J connectivity index is 2.25. The molecule has 1 heterocycles. The Bertz CT molecular complexity index is 542. The summed E-state index contributed by atoms with van der Waals surface area (Å²) < 4.78 is 32.0. The summed E-state index contributed by atoms with van der Waals surface area (Å²) in [6.45, 7) is 5.23. The van der Waals surface area contributed by atoms with Crippen molar-refractivity contribution in [1.82, 2.24) is 9.62 Å². The predicted molar refractivity (Wildman–Crippen MR) is 78.1 cm³/mol. The van der Waals surface area contributed by atoms with Crippen molar-refractivity contribution in [3.05, 3.63) is 29.8 Å². The van der Waals surface area contributed by atoms with Crippen LogP contribution in [0.2, 0.25) is 0 Å². The van der Waals surface area contributed by atoms with Crippen LogP contribution in [0.3, 0.4) is 0 Å². The predicted octanol–water partition coefficient (Wildman–Crippen LogP) is 1.38. The molecule has 0 radical (unpaired) electrons. The van der Waals surface area contributed by atoms with Crippen LogP contribution in [-0.2, 0) is 14.8 Å². The number of hydrogen-bond donors (Lipinski definition) is 1. The zero-order chi connectivity index (χ0) is 14.8. The van der Waals surface area contributed by atoms with Crippen molar-refractivity contribution in [2.24, 2.45) is 0 Å². The molecule has 2 unspecified atom stereocenters. The van der Waals surface area contributed by atoms with Crippen LogP contribution in [0.15, 0.2) is 29.2 Å². The molecule has 0 aliphatic carbocycles. The molecule has 2 rings (SSSR count). The summed E-state index contributed by atoms with van der Waals surface area (Å²) in [4.78, 5) is 0.346. The summed E-state index contributed by atoms with van der Waals surface area (Å²) in [5.41, 5.74) is 1.07. The third-order valence-electron chi connectivity index (χ3n) is 3.73. The van der Waals surface area contributed by atoms with Gasteiger partial charge in [-0.15, -0.1) is 0 Å². The maximum absolute atomic E-state index is 12.6. The van der Waals surface area contributed by atoms with E-state index in [2.05, 4.69) is 5.32 Å². The van der Waals surface area contributed by atoms with Gasteiger partial charge in [-0.05, 0) is 38.6 Å². The molecule has 1 aromatic rings. The van der Waals surface area contributed by atoms with Gasteiger partial charge >= 0.3 is 0 Å². The van der Waals surface area contributed by atoms with E-state index in [1.807, 2.05) is 33.0 Å². The van der Waals surface area contributed by atoms with Gasteiger partial charge in [0.25, 0.3) is 0 Å². The second kappa shape index (κ2) is 6.22. The highest BCUT2D eigenvalue weighted by atomic mass is 32.2. The molecule has 112 valence electrons. The molecule has 2 atom stereocenters. The topological polar surface area (TPSA) is 58.6 Å². The third-order valence-corrected chi connectivity index (χ3v) is 5.75. The van der Waals surface area contributed by atoms with E-state index in [1.54, 1.807) is 12.1 Å². The zero-order valence-electron chi connectivity index (χ0n) is 12.2. The van der Waals surface area contributed by atoms with Gasteiger partial charge in [0.15, 0.2) is 0 Å². The number of hydrogen-bond acceptors (Lipinski definition) is 4. The Morgan fingerprint density at radius 2 is 2.00 bits per heavy atom. The number of sulfonamides is 1. The van der Waals surface area contributed by atoms with E-state index in [0.29, 0.717) is 24.7 Å². The van der Waals surface area contributed by atoms with Gasteiger partial charge in [0, 0.05) is 18.6 Å². The van der Waals surface area contributed by atoms with E-state index >= 15 is 0 Å². The van der Waals surface area contributed by atoms with E-state index < -0.39 is 10.0 Å². The first-order valence-electron chi connectivity index (χ1n) is 6.83. The first-order valence-corrected chi connectivity index (χ1v) is 8.27. The molecule has 0 saturated carbocycles. The molecule has 0 amide bonds. The van der Waals surface area contributed by atoms with Crippen molar-refractivity contribution in [3.63, 3.8) is 0 Å². The van der Waals surface area contributed by atoms with Crippen molar-refractivity contribution >= 4 is 10.0 Å². The second-order valence-corrected chi connectivity index (χ2v) is 7.01. The van der Waals surface area contributed by atoms with E-state index in [1.165, 1.54) is 4.31 Å². The van der Waals surface area contributed by atoms with Gasteiger partial charge < -0.3 is 10.1 Å². The number of benzene rings is 1. The normalized spacial score (nSPS) is 22.6. The first kappa shape index (κ1) is 15.4. The molecule has 20 heavy (non-hydrogen) atoms. The zero-order valence-corrected chi connectivity index (χ0v) is 13.0. The number of ether oxygens (including phenoxy) is 1.